The zero-order valence-electron chi connectivity index (χ0n) is 22.4. The van der Waals surface area contributed by atoms with E-state index in [2.05, 4.69) is 55.0 Å². The van der Waals surface area contributed by atoms with E-state index in [9.17, 15) is 5.11 Å². The maximum Gasteiger partial charge on any atom is 0.0605 e. The number of hydrogen-bond donors (Lipinski definition) is 1. The minimum absolute atomic E-state index is 0.0329. The molecular weight excluding hydrogens is 388 g/mol. The lowest BCUT2D eigenvalue weighted by Crippen LogP contribution is -2.58. The molecule has 32 heavy (non-hydrogen) atoms. The molecule has 1 nitrogen and oxygen atoms in total. The molecule has 0 aliphatic heterocycles. The van der Waals surface area contributed by atoms with Crippen molar-refractivity contribution >= 4 is 0 Å². The molecule has 9 atom stereocenters. The second kappa shape index (κ2) is 7.11. The van der Waals surface area contributed by atoms with Crippen LogP contribution in [0.2, 0.25) is 0 Å². The third-order valence-electron chi connectivity index (χ3n) is 13.4. The van der Waals surface area contributed by atoms with E-state index in [1.165, 1.54) is 69.8 Å². The van der Waals surface area contributed by atoms with Crippen molar-refractivity contribution in [2.75, 3.05) is 0 Å². The van der Waals surface area contributed by atoms with Crippen LogP contribution in [-0.2, 0) is 0 Å². The Hall–Kier alpha value is -0.300. The molecule has 0 aromatic heterocycles. The molecule has 2 spiro atoms. The third-order valence-corrected chi connectivity index (χ3v) is 13.4. The summed E-state index contributed by atoms with van der Waals surface area (Å²) in [4.78, 5) is 0. The zero-order valence-corrected chi connectivity index (χ0v) is 22.4. The molecule has 1 unspecified atom stereocenters. The molecule has 0 aromatic rings. The predicted octanol–water partition coefficient (Wildman–Crippen LogP) is 8.41. The first-order chi connectivity index (χ1) is 14.9. The summed E-state index contributed by atoms with van der Waals surface area (Å²) in [6.07, 6.45) is 14.6. The molecule has 1 heteroatoms. The molecule has 5 saturated carbocycles. The molecular formula is C31H52O. The second-order valence-corrected chi connectivity index (χ2v) is 14.9. The summed E-state index contributed by atoms with van der Waals surface area (Å²) in [7, 11) is 0. The highest BCUT2D eigenvalue weighted by molar-refractivity contribution is 5.32. The van der Waals surface area contributed by atoms with Crippen LogP contribution < -0.4 is 0 Å². The van der Waals surface area contributed by atoms with Crippen LogP contribution in [0.25, 0.3) is 0 Å². The van der Waals surface area contributed by atoms with Crippen molar-refractivity contribution < 1.29 is 5.11 Å². The van der Waals surface area contributed by atoms with Gasteiger partial charge in [-0.05, 0) is 122 Å². The van der Waals surface area contributed by atoms with Gasteiger partial charge in [-0.2, -0.15) is 0 Å². The van der Waals surface area contributed by atoms with Crippen molar-refractivity contribution in [3.63, 3.8) is 0 Å². The van der Waals surface area contributed by atoms with Gasteiger partial charge in [-0.25, -0.2) is 0 Å². The molecule has 0 amide bonds. The average Bonchev–Trinajstić information content (AvgIpc) is 3.34. The Bertz CT molecular complexity index is 779. The molecule has 0 saturated heterocycles. The molecule has 0 aromatic carbocycles. The molecule has 5 aliphatic rings. The topological polar surface area (TPSA) is 20.2 Å². The lowest BCUT2D eigenvalue weighted by atomic mass is 9.41. The van der Waals surface area contributed by atoms with Crippen LogP contribution in [0.15, 0.2) is 12.2 Å². The van der Waals surface area contributed by atoms with Crippen LogP contribution in [0.3, 0.4) is 0 Å². The third kappa shape index (κ3) is 2.73. The smallest absolute Gasteiger partial charge is 0.0605 e. The van der Waals surface area contributed by atoms with Gasteiger partial charge in [0.15, 0.2) is 0 Å². The number of allylic oxidation sites excluding steroid dienone is 1. The zero-order chi connectivity index (χ0) is 23.3. The Morgan fingerprint density at radius 1 is 0.875 bits per heavy atom. The molecule has 0 heterocycles. The molecule has 1 N–H and O–H groups in total. The molecule has 5 aliphatic carbocycles. The maximum absolute atomic E-state index is 11.5. The number of aliphatic hydroxyl groups excluding tert-OH is 1. The van der Waals surface area contributed by atoms with Crippen molar-refractivity contribution in [2.45, 2.75) is 125 Å². The largest absolute Gasteiger partial charge is 0.393 e. The van der Waals surface area contributed by atoms with E-state index in [1.54, 1.807) is 0 Å². The van der Waals surface area contributed by atoms with Crippen LogP contribution in [0.4, 0.5) is 0 Å². The van der Waals surface area contributed by atoms with Gasteiger partial charge in [0.1, 0.15) is 0 Å². The summed E-state index contributed by atoms with van der Waals surface area (Å²) < 4.78 is 0. The van der Waals surface area contributed by atoms with Crippen molar-refractivity contribution in [1.29, 1.82) is 0 Å². The van der Waals surface area contributed by atoms with Crippen LogP contribution in [0.5, 0.6) is 0 Å². The molecule has 0 bridgehead atoms. The van der Waals surface area contributed by atoms with E-state index in [4.69, 9.17) is 0 Å². The highest BCUT2D eigenvalue weighted by Crippen LogP contribution is 2.89. The Morgan fingerprint density at radius 3 is 2.25 bits per heavy atom. The van der Waals surface area contributed by atoms with Crippen molar-refractivity contribution in [1.82, 2.24) is 0 Å². The first-order valence-corrected chi connectivity index (χ1v) is 14.2. The molecule has 182 valence electrons. The first-order valence-electron chi connectivity index (χ1n) is 14.2. The number of rotatable bonds is 5. The van der Waals surface area contributed by atoms with Gasteiger partial charge in [0.25, 0.3) is 0 Å². The van der Waals surface area contributed by atoms with Gasteiger partial charge in [-0.3, -0.25) is 0 Å². The van der Waals surface area contributed by atoms with Crippen LogP contribution >= 0.6 is 0 Å². The minimum atomic E-state index is -0.0329. The van der Waals surface area contributed by atoms with E-state index < -0.39 is 0 Å². The van der Waals surface area contributed by atoms with Crippen molar-refractivity contribution in [2.24, 2.45) is 56.7 Å². The lowest BCUT2D eigenvalue weighted by molar-refractivity contribution is -0.169. The van der Waals surface area contributed by atoms with E-state index in [0.717, 1.165) is 30.1 Å². The van der Waals surface area contributed by atoms with Crippen LogP contribution in [0, 0.1) is 56.7 Å². The summed E-state index contributed by atoms with van der Waals surface area (Å²) in [5, 5.41) is 11.5. The van der Waals surface area contributed by atoms with E-state index in [1.807, 2.05) is 0 Å². The van der Waals surface area contributed by atoms with Gasteiger partial charge >= 0.3 is 0 Å². The van der Waals surface area contributed by atoms with Gasteiger partial charge in [0.05, 0.1) is 6.10 Å². The average molecular weight is 441 g/mol. The Balaban J connectivity index is 1.41. The standard InChI is InChI=1S/C31H52O/c1-20(2)21(3)9-10-22(4)23-13-16-29(8)25-12-11-24-27(5,6)15-14-26(32)31(24)19-30(25,31)18-17-28(23,29)7/h20,22-26,32H,3,9-19H2,1-2,4-8H3/t22-,23-,24+,25+,26?,28-,29+,30+,31-/m1/s1. The van der Waals surface area contributed by atoms with Gasteiger partial charge < -0.3 is 5.11 Å². The minimum Gasteiger partial charge on any atom is -0.393 e. The SMILES string of the molecule is C=C(CC[C@@H](C)[C@H]1CC[C@@]2(C)[C@@H]3CC[C@H]4C(C)(C)CCC(O)[C@@]45C[C@@]35CC[C@]12C)C(C)C. The van der Waals surface area contributed by atoms with Crippen LogP contribution in [-0.4, -0.2) is 11.2 Å². The highest BCUT2D eigenvalue weighted by Gasteiger charge is 2.83. The summed E-state index contributed by atoms with van der Waals surface area (Å²) >= 11 is 0. The number of aliphatic hydroxyl groups is 1. The summed E-state index contributed by atoms with van der Waals surface area (Å²) in [6, 6.07) is 0. The molecule has 0 radical (unpaired) electrons. The number of hydrogen-bond acceptors (Lipinski definition) is 1. The second-order valence-electron chi connectivity index (χ2n) is 14.9. The van der Waals surface area contributed by atoms with E-state index >= 15 is 0 Å². The van der Waals surface area contributed by atoms with Crippen LogP contribution in [0.1, 0.15) is 119 Å². The Labute approximate surface area is 199 Å². The van der Waals surface area contributed by atoms with E-state index in [0.29, 0.717) is 27.6 Å². The van der Waals surface area contributed by atoms with Gasteiger partial charge in [-0.1, -0.05) is 60.6 Å². The molecule has 5 fully saturated rings. The van der Waals surface area contributed by atoms with Gasteiger partial charge in [0, 0.05) is 5.41 Å². The Kier molecular flexibility index (Phi) is 5.21. The maximum atomic E-state index is 11.5. The summed E-state index contributed by atoms with van der Waals surface area (Å²) in [6.45, 7) is 22.0. The molecule has 5 rings (SSSR count). The highest BCUT2D eigenvalue weighted by atomic mass is 16.3. The lowest BCUT2D eigenvalue weighted by Gasteiger charge is -2.63. The van der Waals surface area contributed by atoms with Crippen molar-refractivity contribution in [3.05, 3.63) is 12.2 Å². The summed E-state index contributed by atoms with van der Waals surface area (Å²) in [5.74, 6) is 3.88. The quantitative estimate of drug-likeness (QED) is 0.425. The normalized spacial score (nSPS) is 51.9. The fourth-order valence-corrected chi connectivity index (χ4v) is 11.2. The fraction of sp³-hybridized carbons (Fsp3) is 0.935. The van der Waals surface area contributed by atoms with Gasteiger partial charge in [0.2, 0.25) is 0 Å². The monoisotopic (exact) mass is 440 g/mol. The van der Waals surface area contributed by atoms with Crippen molar-refractivity contribution in [3.8, 4) is 0 Å². The summed E-state index contributed by atoms with van der Waals surface area (Å²) in [5.41, 5.74) is 3.53. The Morgan fingerprint density at radius 2 is 1.56 bits per heavy atom. The fourth-order valence-electron chi connectivity index (χ4n) is 11.2. The van der Waals surface area contributed by atoms with Gasteiger partial charge in [-0.15, -0.1) is 0 Å². The van der Waals surface area contributed by atoms with E-state index in [-0.39, 0.29) is 11.5 Å². The first kappa shape index (κ1) is 23.4. The number of fused-ring (bicyclic) bond motifs is 2. The predicted molar refractivity (Wildman–Crippen MR) is 135 cm³/mol.